The lowest BCUT2D eigenvalue weighted by Crippen LogP contribution is -2.48. The van der Waals surface area contributed by atoms with E-state index >= 15 is 0 Å². The number of nitrogens with two attached hydrogens (primary N) is 1. The van der Waals surface area contributed by atoms with Crippen molar-refractivity contribution in [2.45, 2.75) is 45.6 Å². The normalized spacial score (nSPS) is 17.6. The van der Waals surface area contributed by atoms with E-state index in [1.807, 2.05) is 29.5 Å². The fraction of sp³-hybridized carbons (Fsp3) is 0.474. The zero-order valence-electron chi connectivity index (χ0n) is 15.1. The highest BCUT2D eigenvalue weighted by atomic mass is 35.5. The van der Waals surface area contributed by atoms with Gasteiger partial charge in [-0.15, -0.1) is 0 Å². The Labute approximate surface area is 164 Å². The maximum absolute atomic E-state index is 12.9. The molecule has 1 aliphatic heterocycles. The van der Waals surface area contributed by atoms with Crippen molar-refractivity contribution in [3.05, 3.63) is 45.2 Å². The van der Waals surface area contributed by atoms with Crippen LogP contribution in [0.2, 0.25) is 10.0 Å². The van der Waals surface area contributed by atoms with Gasteiger partial charge in [0.1, 0.15) is 0 Å². The van der Waals surface area contributed by atoms with Crippen LogP contribution in [0, 0.1) is 13.8 Å². The highest BCUT2D eigenvalue weighted by molar-refractivity contribution is 6.42. The summed E-state index contributed by atoms with van der Waals surface area (Å²) in [5.41, 5.74) is 9.44. The summed E-state index contributed by atoms with van der Waals surface area (Å²) in [5, 5.41) is 5.59. The molecule has 1 aromatic carbocycles. The third-order valence-electron chi connectivity index (χ3n) is 5.14. The van der Waals surface area contributed by atoms with Crippen molar-refractivity contribution in [1.82, 2.24) is 14.7 Å². The summed E-state index contributed by atoms with van der Waals surface area (Å²) >= 11 is 12.1. The van der Waals surface area contributed by atoms with Gasteiger partial charge in [0.2, 0.25) is 5.91 Å². The molecule has 0 radical (unpaired) electrons. The van der Waals surface area contributed by atoms with Crippen molar-refractivity contribution in [1.29, 1.82) is 0 Å². The van der Waals surface area contributed by atoms with Crippen LogP contribution in [0.1, 0.15) is 36.2 Å². The number of hydrogen-bond acceptors (Lipinski definition) is 3. The Hall–Kier alpha value is -1.56. The maximum Gasteiger partial charge on any atom is 0.227 e. The van der Waals surface area contributed by atoms with Crippen LogP contribution >= 0.6 is 23.2 Å². The highest BCUT2D eigenvalue weighted by Gasteiger charge is 2.27. The molecule has 2 heterocycles. The Kier molecular flexibility index (Phi) is 5.90. The van der Waals surface area contributed by atoms with Gasteiger partial charge in [-0.1, -0.05) is 23.2 Å². The molecule has 3 rings (SSSR count). The van der Waals surface area contributed by atoms with Gasteiger partial charge in [-0.3, -0.25) is 4.79 Å². The number of carbonyl (C=O) groups is 1. The Bertz CT molecular complexity index is 818. The number of hydrogen-bond donors (Lipinski definition) is 1. The summed E-state index contributed by atoms with van der Waals surface area (Å²) in [6.45, 7) is 5.22. The summed E-state index contributed by atoms with van der Waals surface area (Å²) in [7, 11) is 0. The number of amides is 1. The summed E-state index contributed by atoms with van der Waals surface area (Å²) in [6.07, 6.45) is 3.51. The van der Waals surface area contributed by atoms with Gasteiger partial charge in [0, 0.05) is 30.4 Å². The first-order valence-corrected chi connectivity index (χ1v) is 9.68. The van der Waals surface area contributed by atoms with Crippen molar-refractivity contribution < 1.29 is 4.79 Å². The van der Waals surface area contributed by atoms with Crippen LogP contribution in [-0.4, -0.2) is 39.7 Å². The largest absolute Gasteiger partial charge is 0.338 e. The SMILES string of the molecule is Cc1nn(-c2ccc(Cl)c(Cl)c2)c(C)c1CC(=O)N1CCCCC1CN. The summed E-state index contributed by atoms with van der Waals surface area (Å²) in [5.74, 6) is 0.125. The molecule has 0 spiro atoms. The third-order valence-corrected chi connectivity index (χ3v) is 5.88. The maximum atomic E-state index is 12.9. The smallest absolute Gasteiger partial charge is 0.227 e. The molecule has 1 atom stereocenters. The number of aryl methyl sites for hydroxylation is 1. The number of likely N-dealkylation sites (tertiary alicyclic amines) is 1. The van der Waals surface area contributed by atoms with E-state index in [0.29, 0.717) is 23.0 Å². The highest BCUT2D eigenvalue weighted by Crippen LogP contribution is 2.27. The van der Waals surface area contributed by atoms with Gasteiger partial charge in [0.05, 0.1) is 27.8 Å². The Morgan fingerprint density at radius 1 is 1.27 bits per heavy atom. The van der Waals surface area contributed by atoms with Crippen LogP contribution in [0.3, 0.4) is 0 Å². The van der Waals surface area contributed by atoms with E-state index in [2.05, 4.69) is 5.10 Å². The van der Waals surface area contributed by atoms with Crippen LogP contribution in [0.15, 0.2) is 18.2 Å². The van der Waals surface area contributed by atoms with Gasteiger partial charge in [-0.2, -0.15) is 5.10 Å². The van der Waals surface area contributed by atoms with E-state index in [-0.39, 0.29) is 11.9 Å². The number of nitrogens with zero attached hydrogens (tertiary/aromatic N) is 3. The molecule has 0 saturated carbocycles. The first-order chi connectivity index (χ1) is 12.4. The number of halogens is 2. The average Bonchev–Trinajstić information content (AvgIpc) is 2.92. The second-order valence-corrected chi connectivity index (χ2v) is 7.62. The van der Waals surface area contributed by atoms with Crippen molar-refractivity contribution in [3.63, 3.8) is 0 Å². The van der Waals surface area contributed by atoms with Crippen LogP contribution in [0.25, 0.3) is 5.69 Å². The van der Waals surface area contributed by atoms with Gasteiger partial charge >= 0.3 is 0 Å². The second-order valence-electron chi connectivity index (χ2n) is 6.81. The number of aromatic nitrogens is 2. The molecule has 1 aromatic heterocycles. The van der Waals surface area contributed by atoms with Crippen LogP contribution in [0.4, 0.5) is 0 Å². The van der Waals surface area contributed by atoms with Crippen LogP contribution < -0.4 is 5.73 Å². The molecule has 1 amide bonds. The zero-order chi connectivity index (χ0) is 18.8. The Balaban J connectivity index is 1.86. The summed E-state index contributed by atoms with van der Waals surface area (Å²) in [4.78, 5) is 14.8. The van der Waals surface area contributed by atoms with Gasteiger partial charge < -0.3 is 10.6 Å². The lowest BCUT2D eigenvalue weighted by atomic mass is 10.0. The molecule has 26 heavy (non-hydrogen) atoms. The van der Waals surface area contributed by atoms with E-state index in [0.717, 1.165) is 48.4 Å². The molecular formula is C19H24Cl2N4O. The minimum Gasteiger partial charge on any atom is -0.338 e. The summed E-state index contributed by atoms with van der Waals surface area (Å²) in [6, 6.07) is 5.56. The van der Waals surface area contributed by atoms with E-state index in [9.17, 15) is 4.79 Å². The second kappa shape index (κ2) is 7.99. The topological polar surface area (TPSA) is 64.2 Å². The molecule has 1 unspecified atom stereocenters. The molecule has 140 valence electrons. The molecule has 1 saturated heterocycles. The fourth-order valence-corrected chi connectivity index (χ4v) is 3.92. The average molecular weight is 395 g/mol. The van der Waals surface area contributed by atoms with Crippen molar-refractivity contribution in [3.8, 4) is 5.69 Å². The fourth-order valence-electron chi connectivity index (χ4n) is 3.63. The number of carbonyl (C=O) groups excluding carboxylic acids is 1. The van der Waals surface area contributed by atoms with Crippen LogP contribution in [0.5, 0.6) is 0 Å². The lowest BCUT2D eigenvalue weighted by molar-refractivity contribution is -0.133. The first-order valence-electron chi connectivity index (χ1n) is 8.92. The Morgan fingerprint density at radius 2 is 2.04 bits per heavy atom. The van der Waals surface area contributed by atoms with Gasteiger partial charge in [0.15, 0.2) is 0 Å². The minimum atomic E-state index is 0.125. The molecule has 5 nitrogen and oxygen atoms in total. The predicted octanol–water partition coefficient (Wildman–Crippen LogP) is 3.68. The molecule has 1 aliphatic rings. The standard InChI is InChI=1S/C19H24Cl2N4O/c1-12-16(10-19(26)24-8-4-3-5-15(24)11-22)13(2)25(23-12)14-6-7-17(20)18(21)9-14/h6-7,9,15H,3-5,8,10-11,22H2,1-2H3. The zero-order valence-corrected chi connectivity index (χ0v) is 16.6. The van der Waals surface area contributed by atoms with Crippen LogP contribution in [-0.2, 0) is 11.2 Å². The van der Waals surface area contributed by atoms with E-state index in [1.165, 1.54) is 0 Å². The number of piperidine rings is 1. The van der Waals surface area contributed by atoms with Gasteiger partial charge in [-0.25, -0.2) is 4.68 Å². The third kappa shape index (κ3) is 3.75. The van der Waals surface area contributed by atoms with Gasteiger partial charge in [-0.05, 0) is 51.3 Å². The lowest BCUT2D eigenvalue weighted by Gasteiger charge is -2.35. The van der Waals surface area contributed by atoms with Crippen molar-refractivity contribution >= 4 is 29.1 Å². The van der Waals surface area contributed by atoms with Crippen molar-refractivity contribution in [2.75, 3.05) is 13.1 Å². The minimum absolute atomic E-state index is 0.125. The van der Waals surface area contributed by atoms with E-state index in [4.69, 9.17) is 28.9 Å². The Morgan fingerprint density at radius 3 is 2.73 bits per heavy atom. The predicted molar refractivity (Wildman–Crippen MR) is 105 cm³/mol. The monoisotopic (exact) mass is 394 g/mol. The molecule has 2 N–H and O–H groups in total. The first kappa shape index (κ1) is 19.2. The number of benzene rings is 1. The molecule has 1 fully saturated rings. The summed E-state index contributed by atoms with van der Waals surface area (Å²) < 4.78 is 1.82. The molecule has 0 aliphatic carbocycles. The van der Waals surface area contributed by atoms with Crippen molar-refractivity contribution in [2.24, 2.45) is 5.73 Å². The quantitative estimate of drug-likeness (QED) is 0.859. The molecular weight excluding hydrogens is 371 g/mol. The van der Waals surface area contributed by atoms with E-state index in [1.54, 1.807) is 12.1 Å². The molecule has 2 aromatic rings. The molecule has 7 heteroatoms. The molecule has 0 bridgehead atoms. The van der Waals surface area contributed by atoms with E-state index < -0.39 is 0 Å². The van der Waals surface area contributed by atoms with Gasteiger partial charge in [0.25, 0.3) is 0 Å². The number of rotatable bonds is 4.